The average Bonchev–Trinajstić information content (AvgIpc) is 3.28. The van der Waals surface area contributed by atoms with E-state index in [4.69, 9.17) is 9.47 Å². The maximum Gasteiger partial charge on any atom is 0.333 e. The molecule has 35 heavy (non-hydrogen) atoms. The number of ketones is 1. The molecule has 4 aliphatic carbocycles. The van der Waals surface area contributed by atoms with Gasteiger partial charge in [-0.3, -0.25) is 9.59 Å². The molecule has 1 unspecified atom stereocenters. The Bertz CT molecular complexity index is 1100. The zero-order valence-corrected chi connectivity index (χ0v) is 21.3. The van der Waals surface area contributed by atoms with Gasteiger partial charge in [0.05, 0.1) is 6.10 Å². The first-order valence-electron chi connectivity index (χ1n) is 12.6. The number of esters is 2. The Morgan fingerprint density at radius 1 is 1.06 bits per heavy atom. The Morgan fingerprint density at radius 3 is 2.34 bits per heavy atom. The largest absolute Gasteiger partial charge is 0.462 e. The van der Waals surface area contributed by atoms with E-state index in [1.165, 1.54) is 13.0 Å². The van der Waals surface area contributed by atoms with Crippen LogP contribution in [0.25, 0.3) is 0 Å². The van der Waals surface area contributed by atoms with E-state index in [1.54, 1.807) is 6.08 Å². The van der Waals surface area contributed by atoms with Crippen LogP contribution in [0.2, 0.25) is 0 Å². The van der Waals surface area contributed by atoms with Gasteiger partial charge in [-0.05, 0) is 42.6 Å². The molecule has 7 nitrogen and oxygen atoms in total. The third-order valence-corrected chi connectivity index (χ3v) is 10.5. The molecule has 0 radical (unpaired) electrons. The smallest absolute Gasteiger partial charge is 0.333 e. The van der Waals surface area contributed by atoms with Crippen LogP contribution in [0.15, 0.2) is 35.5 Å². The number of cyclic esters (lactones) is 1. The first kappa shape index (κ1) is 24.4. The molecule has 0 aromatic rings. The van der Waals surface area contributed by atoms with Gasteiger partial charge in [0.15, 0.2) is 5.78 Å². The second kappa shape index (κ2) is 7.39. The van der Waals surface area contributed by atoms with Crippen LogP contribution in [0.1, 0.15) is 60.8 Å². The van der Waals surface area contributed by atoms with Crippen molar-refractivity contribution in [2.75, 3.05) is 0 Å². The van der Waals surface area contributed by atoms with Crippen LogP contribution in [0.5, 0.6) is 0 Å². The van der Waals surface area contributed by atoms with Crippen molar-refractivity contribution in [1.29, 1.82) is 0 Å². The molecule has 0 aromatic heterocycles. The summed E-state index contributed by atoms with van der Waals surface area (Å²) < 4.78 is 11.0. The average molecular weight is 485 g/mol. The van der Waals surface area contributed by atoms with Crippen LogP contribution in [-0.4, -0.2) is 46.4 Å². The number of fused-ring (bicyclic) bond motifs is 5. The monoisotopic (exact) mass is 484 g/mol. The summed E-state index contributed by atoms with van der Waals surface area (Å²) >= 11 is 0. The highest BCUT2D eigenvalue weighted by atomic mass is 16.6. The van der Waals surface area contributed by atoms with E-state index in [1.807, 2.05) is 26.8 Å². The third kappa shape index (κ3) is 3.00. The van der Waals surface area contributed by atoms with E-state index in [0.717, 1.165) is 5.57 Å². The minimum Gasteiger partial charge on any atom is -0.462 e. The fraction of sp³-hybridized carbons (Fsp3) is 0.679. The van der Waals surface area contributed by atoms with Crippen LogP contribution >= 0.6 is 0 Å². The Labute approximate surface area is 206 Å². The van der Waals surface area contributed by atoms with Crippen LogP contribution in [0, 0.1) is 39.4 Å². The predicted octanol–water partition coefficient (Wildman–Crippen LogP) is 3.25. The Morgan fingerprint density at radius 2 is 1.74 bits per heavy atom. The molecule has 190 valence electrons. The summed E-state index contributed by atoms with van der Waals surface area (Å²) in [5, 5.41) is 22.3. The lowest BCUT2D eigenvalue weighted by Gasteiger charge is -2.67. The van der Waals surface area contributed by atoms with E-state index in [-0.39, 0.29) is 23.5 Å². The van der Waals surface area contributed by atoms with Gasteiger partial charge < -0.3 is 19.7 Å². The Hall–Kier alpha value is -2.25. The molecular formula is C28H36O7. The van der Waals surface area contributed by atoms with Crippen LogP contribution < -0.4 is 0 Å². The van der Waals surface area contributed by atoms with E-state index in [2.05, 4.69) is 19.9 Å². The highest BCUT2D eigenvalue weighted by molar-refractivity contribution is 5.95. The number of hydrogen-bond donors (Lipinski definition) is 2. The summed E-state index contributed by atoms with van der Waals surface area (Å²) in [5.41, 5.74) is -0.893. The van der Waals surface area contributed by atoms with Crippen LogP contribution in [0.3, 0.4) is 0 Å². The van der Waals surface area contributed by atoms with Crippen molar-refractivity contribution in [3.8, 4) is 0 Å². The van der Waals surface area contributed by atoms with Gasteiger partial charge in [0.1, 0.15) is 6.10 Å². The first-order chi connectivity index (χ1) is 16.2. The molecule has 2 N–H and O–H groups in total. The third-order valence-electron chi connectivity index (χ3n) is 10.5. The van der Waals surface area contributed by atoms with Crippen molar-refractivity contribution in [3.05, 3.63) is 35.5 Å². The lowest BCUT2D eigenvalue weighted by molar-refractivity contribution is -0.193. The van der Waals surface area contributed by atoms with Gasteiger partial charge in [-0.25, -0.2) is 4.79 Å². The quantitative estimate of drug-likeness (QED) is 0.457. The maximum absolute atomic E-state index is 12.8. The normalized spacial score (nSPS) is 47.8. The number of aliphatic hydroxyl groups excluding tert-OH is 2. The molecule has 1 heterocycles. The molecule has 1 aliphatic heterocycles. The second-order valence-corrected chi connectivity index (χ2v) is 12.4. The van der Waals surface area contributed by atoms with Gasteiger partial charge >= 0.3 is 11.9 Å². The first-order valence-corrected chi connectivity index (χ1v) is 12.6. The minimum atomic E-state index is -1.33. The number of ether oxygens (including phenoxy) is 2. The molecule has 2 fully saturated rings. The summed E-state index contributed by atoms with van der Waals surface area (Å²) in [6, 6.07) is 0. The number of carbonyl (C=O) groups is 3. The molecule has 9 atom stereocenters. The Balaban J connectivity index is 1.66. The highest BCUT2D eigenvalue weighted by Gasteiger charge is 2.70. The summed E-state index contributed by atoms with van der Waals surface area (Å²) in [4.78, 5) is 37.1. The molecule has 7 heteroatoms. The lowest BCUT2D eigenvalue weighted by atomic mass is 9.38. The summed E-state index contributed by atoms with van der Waals surface area (Å²) in [6.45, 7) is 11.6. The molecule has 2 saturated carbocycles. The van der Waals surface area contributed by atoms with Crippen molar-refractivity contribution in [1.82, 2.24) is 0 Å². The topological polar surface area (TPSA) is 110 Å². The zero-order chi connectivity index (χ0) is 25.7. The van der Waals surface area contributed by atoms with Crippen molar-refractivity contribution in [3.63, 3.8) is 0 Å². The van der Waals surface area contributed by atoms with Crippen molar-refractivity contribution >= 4 is 17.7 Å². The number of carbonyl (C=O) groups excluding carboxylic acids is 3. The fourth-order valence-corrected chi connectivity index (χ4v) is 8.75. The van der Waals surface area contributed by atoms with Crippen LogP contribution in [-0.2, 0) is 23.9 Å². The number of rotatable bonds is 2. The Kier molecular flexibility index (Phi) is 5.16. The van der Waals surface area contributed by atoms with Gasteiger partial charge in [-0.15, -0.1) is 0 Å². The van der Waals surface area contributed by atoms with Crippen LogP contribution in [0.4, 0.5) is 0 Å². The SMILES string of the molecule is CC(=O)O[C@H]1C[C@@H]2[C@@]3(C)C=CC(=O)C(C)(C)[C@@H]3C[C@@H](O)[C@@]2(C)C2=CC[C@@H](C3=CC(=O)OC3O)[C@@]21C. The lowest BCUT2D eigenvalue weighted by Crippen LogP contribution is -2.66. The number of hydrogen-bond acceptors (Lipinski definition) is 7. The molecule has 0 spiro atoms. The summed E-state index contributed by atoms with van der Waals surface area (Å²) in [7, 11) is 0. The van der Waals surface area contributed by atoms with Crippen molar-refractivity contribution < 1.29 is 34.1 Å². The zero-order valence-electron chi connectivity index (χ0n) is 21.3. The van der Waals surface area contributed by atoms with E-state index >= 15 is 0 Å². The van der Waals surface area contributed by atoms with E-state index in [9.17, 15) is 24.6 Å². The highest BCUT2D eigenvalue weighted by Crippen LogP contribution is 2.72. The number of aliphatic hydroxyl groups is 2. The minimum absolute atomic E-state index is 0.0638. The predicted molar refractivity (Wildman–Crippen MR) is 126 cm³/mol. The summed E-state index contributed by atoms with van der Waals surface area (Å²) in [5.74, 6) is -1.37. The standard InChI is InChI=1S/C28H36O7/c1-14(29)34-22-13-19-26(4)10-9-20(30)25(2,3)18(26)12-21(31)28(19,6)17-8-7-16(27(17,22)5)15-11-23(32)35-24(15)33/h8-11,16,18-19,21-22,24,31,33H,7,12-13H2,1-6H3/t16-,18-,19+,21+,22-,24?,26-,27-,28-/m0/s1. The van der Waals surface area contributed by atoms with Crippen molar-refractivity contribution in [2.24, 2.45) is 39.4 Å². The van der Waals surface area contributed by atoms with Gasteiger partial charge in [0.2, 0.25) is 6.29 Å². The van der Waals surface area contributed by atoms with Gasteiger partial charge in [0.25, 0.3) is 0 Å². The molecule has 5 rings (SSSR count). The molecule has 0 amide bonds. The molecule has 0 bridgehead atoms. The summed E-state index contributed by atoms with van der Waals surface area (Å²) in [6.07, 6.45) is 6.14. The van der Waals surface area contributed by atoms with Gasteiger partial charge in [-0.1, -0.05) is 52.3 Å². The number of allylic oxidation sites excluding steroid dienone is 3. The fourth-order valence-electron chi connectivity index (χ4n) is 8.75. The van der Waals surface area contributed by atoms with E-state index in [0.29, 0.717) is 24.8 Å². The maximum atomic E-state index is 12.8. The molecule has 5 aliphatic rings. The second-order valence-electron chi connectivity index (χ2n) is 12.4. The molecule has 0 aromatic carbocycles. The molecular weight excluding hydrogens is 448 g/mol. The van der Waals surface area contributed by atoms with Crippen molar-refractivity contribution in [2.45, 2.75) is 79.3 Å². The van der Waals surface area contributed by atoms with Gasteiger partial charge in [0, 0.05) is 40.7 Å². The van der Waals surface area contributed by atoms with Gasteiger partial charge in [-0.2, -0.15) is 0 Å². The van der Waals surface area contributed by atoms with E-state index < -0.39 is 52.1 Å². The molecule has 0 saturated heterocycles.